The first-order chi connectivity index (χ1) is 7.24. The Morgan fingerprint density at radius 3 is 2.93 bits per heavy atom. The molecule has 6 heteroatoms. The molecule has 0 bridgehead atoms. The highest BCUT2D eigenvalue weighted by atomic mass is 32.2. The van der Waals surface area contributed by atoms with Crippen molar-refractivity contribution in [3.63, 3.8) is 0 Å². The minimum atomic E-state index is -0.475. The monoisotopic (exact) mass is 223 g/mol. The standard InChI is InChI=1S/C9H9N3O2S/c10-5-1-2-6-15-9-4-3-8(7-11-9)12(13)14/h3-4,7H,1-2,6H2. The van der Waals surface area contributed by atoms with Crippen molar-refractivity contribution in [1.29, 1.82) is 5.26 Å². The molecule has 0 saturated carbocycles. The Hall–Kier alpha value is -1.61. The van der Waals surface area contributed by atoms with Gasteiger partial charge in [0.25, 0.3) is 5.69 Å². The fourth-order valence-corrected chi connectivity index (χ4v) is 1.68. The van der Waals surface area contributed by atoms with Crippen LogP contribution in [-0.4, -0.2) is 15.7 Å². The smallest absolute Gasteiger partial charge is 0.258 e. The summed E-state index contributed by atoms with van der Waals surface area (Å²) in [6.07, 6.45) is 2.58. The molecule has 0 spiro atoms. The minimum Gasteiger partial charge on any atom is -0.258 e. The Bertz CT molecular complexity index is 372. The first kappa shape index (κ1) is 11.5. The number of aromatic nitrogens is 1. The van der Waals surface area contributed by atoms with Crippen LogP contribution in [0, 0.1) is 21.4 Å². The fraction of sp³-hybridized carbons (Fsp3) is 0.333. The molecular weight excluding hydrogens is 214 g/mol. The van der Waals surface area contributed by atoms with Crippen LogP contribution in [-0.2, 0) is 0 Å². The molecule has 0 unspecified atom stereocenters. The van der Waals surface area contributed by atoms with E-state index in [9.17, 15) is 10.1 Å². The number of unbranched alkanes of at least 4 members (excludes halogenated alkanes) is 1. The number of thioether (sulfide) groups is 1. The highest BCUT2D eigenvalue weighted by Gasteiger charge is 2.04. The molecule has 0 aliphatic carbocycles. The van der Waals surface area contributed by atoms with Gasteiger partial charge in [0.15, 0.2) is 0 Å². The lowest BCUT2D eigenvalue weighted by Gasteiger charge is -1.97. The molecule has 0 saturated heterocycles. The Labute approximate surface area is 91.3 Å². The molecule has 0 atom stereocenters. The molecular formula is C9H9N3O2S. The van der Waals surface area contributed by atoms with E-state index in [-0.39, 0.29) is 5.69 Å². The zero-order valence-electron chi connectivity index (χ0n) is 7.92. The van der Waals surface area contributed by atoms with Gasteiger partial charge in [0.1, 0.15) is 6.20 Å². The maximum atomic E-state index is 10.3. The van der Waals surface area contributed by atoms with Crippen LogP contribution >= 0.6 is 11.8 Å². The fourth-order valence-electron chi connectivity index (χ4n) is 0.894. The van der Waals surface area contributed by atoms with Gasteiger partial charge in [-0.25, -0.2) is 4.98 Å². The third-order valence-corrected chi connectivity index (χ3v) is 2.64. The molecule has 0 aromatic carbocycles. The maximum absolute atomic E-state index is 10.3. The second-order valence-electron chi connectivity index (χ2n) is 2.72. The summed E-state index contributed by atoms with van der Waals surface area (Å²) in [6, 6.07) is 5.11. The molecule has 1 aromatic rings. The van der Waals surface area contributed by atoms with E-state index >= 15 is 0 Å². The molecule has 5 nitrogen and oxygen atoms in total. The molecule has 0 N–H and O–H groups in total. The van der Waals surface area contributed by atoms with Gasteiger partial charge in [0.2, 0.25) is 0 Å². The normalized spacial score (nSPS) is 9.53. The first-order valence-corrected chi connectivity index (χ1v) is 5.33. The van der Waals surface area contributed by atoms with Crippen LogP contribution in [0.3, 0.4) is 0 Å². The van der Waals surface area contributed by atoms with E-state index in [0.29, 0.717) is 6.42 Å². The summed E-state index contributed by atoms with van der Waals surface area (Å²) < 4.78 is 0. The van der Waals surface area contributed by atoms with E-state index in [1.807, 2.05) is 0 Å². The van der Waals surface area contributed by atoms with Crippen LogP contribution in [0.5, 0.6) is 0 Å². The van der Waals surface area contributed by atoms with Gasteiger partial charge >= 0.3 is 0 Å². The number of nitro groups is 1. The number of nitriles is 1. The van der Waals surface area contributed by atoms with Crippen molar-refractivity contribution >= 4 is 17.4 Å². The molecule has 1 aromatic heterocycles. The molecule has 0 fully saturated rings. The number of pyridine rings is 1. The minimum absolute atomic E-state index is 0.00336. The summed E-state index contributed by atoms with van der Waals surface area (Å²) >= 11 is 1.50. The second kappa shape index (κ2) is 5.98. The van der Waals surface area contributed by atoms with Crippen LogP contribution in [0.2, 0.25) is 0 Å². The van der Waals surface area contributed by atoms with Crippen LogP contribution in [0.25, 0.3) is 0 Å². The molecule has 0 aliphatic heterocycles. The van der Waals surface area contributed by atoms with Crippen molar-refractivity contribution in [3.05, 3.63) is 28.4 Å². The predicted octanol–water partition coefficient (Wildman–Crippen LogP) is 2.39. The summed E-state index contributed by atoms with van der Waals surface area (Å²) in [4.78, 5) is 13.8. The van der Waals surface area contributed by atoms with Crippen molar-refractivity contribution in [2.24, 2.45) is 0 Å². The van der Waals surface area contributed by atoms with Crippen LogP contribution in [0.4, 0.5) is 5.69 Å². The Morgan fingerprint density at radius 1 is 1.60 bits per heavy atom. The molecule has 1 rings (SSSR count). The van der Waals surface area contributed by atoms with E-state index in [0.717, 1.165) is 17.2 Å². The number of hydrogen-bond donors (Lipinski definition) is 0. The highest BCUT2D eigenvalue weighted by molar-refractivity contribution is 7.99. The highest BCUT2D eigenvalue weighted by Crippen LogP contribution is 2.19. The van der Waals surface area contributed by atoms with Crippen molar-refractivity contribution in [2.75, 3.05) is 5.75 Å². The van der Waals surface area contributed by atoms with E-state index in [1.54, 1.807) is 6.07 Å². The number of hydrogen-bond acceptors (Lipinski definition) is 5. The van der Waals surface area contributed by atoms with Crippen LogP contribution < -0.4 is 0 Å². The maximum Gasteiger partial charge on any atom is 0.287 e. The van der Waals surface area contributed by atoms with E-state index in [4.69, 9.17) is 5.26 Å². The van der Waals surface area contributed by atoms with Crippen LogP contribution in [0.15, 0.2) is 23.4 Å². The molecule has 78 valence electrons. The summed E-state index contributed by atoms with van der Waals surface area (Å²) in [5, 5.41) is 19.4. The lowest BCUT2D eigenvalue weighted by Crippen LogP contribution is -1.89. The SMILES string of the molecule is N#CCCCSc1ccc([N+](=O)[O-])cn1. The van der Waals surface area contributed by atoms with Gasteiger partial charge in [-0.1, -0.05) is 0 Å². The third-order valence-electron chi connectivity index (χ3n) is 1.61. The Balaban J connectivity index is 2.43. The van der Waals surface area contributed by atoms with Gasteiger partial charge in [0.05, 0.1) is 16.0 Å². The molecule has 0 aliphatic rings. The van der Waals surface area contributed by atoms with Crippen molar-refractivity contribution in [1.82, 2.24) is 4.98 Å². The lowest BCUT2D eigenvalue weighted by atomic mass is 10.4. The number of rotatable bonds is 5. The van der Waals surface area contributed by atoms with Crippen molar-refractivity contribution in [3.8, 4) is 6.07 Å². The van der Waals surface area contributed by atoms with Gasteiger partial charge in [-0.05, 0) is 12.5 Å². The van der Waals surface area contributed by atoms with Crippen molar-refractivity contribution in [2.45, 2.75) is 17.9 Å². The van der Waals surface area contributed by atoms with E-state index in [1.165, 1.54) is 24.0 Å². The van der Waals surface area contributed by atoms with Gasteiger partial charge in [0, 0.05) is 18.2 Å². The summed E-state index contributed by atoms with van der Waals surface area (Å²) in [6.45, 7) is 0. The van der Waals surface area contributed by atoms with Crippen LogP contribution in [0.1, 0.15) is 12.8 Å². The zero-order chi connectivity index (χ0) is 11.1. The Kier molecular flexibility index (Phi) is 4.57. The van der Waals surface area contributed by atoms with E-state index in [2.05, 4.69) is 11.1 Å². The Morgan fingerprint density at radius 2 is 2.40 bits per heavy atom. The topological polar surface area (TPSA) is 79.8 Å². The van der Waals surface area contributed by atoms with E-state index < -0.39 is 4.92 Å². The van der Waals surface area contributed by atoms with Gasteiger partial charge < -0.3 is 0 Å². The summed E-state index contributed by atoms with van der Waals surface area (Å²) in [7, 11) is 0. The molecule has 15 heavy (non-hydrogen) atoms. The van der Waals surface area contributed by atoms with Gasteiger partial charge in [-0.15, -0.1) is 11.8 Å². The molecule has 1 heterocycles. The predicted molar refractivity (Wildman–Crippen MR) is 56.5 cm³/mol. The number of nitrogens with zero attached hydrogens (tertiary/aromatic N) is 3. The average Bonchev–Trinajstić information content (AvgIpc) is 2.25. The summed E-state index contributed by atoms with van der Waals surface area (Å²) in [5.41, 5.74) is -0.00336. The van der Waals surface area contributed by atoms with Gasteiger partial charge in [-0.2, -0.15) is 5.26 Å². The summed E-state index contributed by atoms with van der Waals surface area (Å²) in [5.74, 6) is 0.804. The average molecular weight is 223 g/mol. The van der Waals surface area contributed by atoms with Gasteiger partial charge in [-0.3, -0.25) is 10.1 Å². The lowest BCUT2D eigenvalue weighted by molar-refractivity contribution is -0.385. The largest absolute Gasteiger partial charge is 0.287 e. The first-order valence-electron chi connectivity index (χ1n) is 4.34. The second-order valence-corrected chi connectivity index (χ2v) is 3.84. The third kappa shape index (κ3) is 3.95. The molecule has 0 amide bonds. The molecule has 0 radical (unpaired) electrons. The van der Waals surface area contributed by atoms with Crippen molar-refractivity contribution < 1.29 is 4.92 Å². The quantitative estimate of drug-likeness (QED) is 0.331. The zero-order valence-corrected chi connectivity index (χ0v) is 8.74.